The minimum absolute atomic E-state index is 0.219. The highest BCUT2D eigenvalue weighted by atomic mass is 35.5. The summed E-state index contributed by atoms with van der Waals surface area (Å²) in [5.41, 5.74) is 5.78. The molecule has 1 unspecified atom stereocenters. The first kappa shape index (κ1) is 8.38. The van der Waals surface area contributed by atoms with Crippen LogP contribution in [0, 0.1) is 11.3 Å². The molecule has 0 aromatic carbocycles. The van der Waals surface area contributed by atoms with Gasteiger partial charge in [-0.05, 0) is 0 Å². The lowest BCUT2D eigenvalue weighted by molar-refractivity contribution is 0.862. The topological polar surface area (TPSA) is 62.2 Å². The molecule has 2 N–H and O–H groups in total. The fraction of sp³-hybridized carbons (Fsp3) is 0.333. The first-order chi connectivity index (χ1) is 5.07. The number of nitriles is 1. The van der Waals surface area contributed by atoms with Crippen LogP contribution in [0.1, 0.15) is 6.42 Å². The summed E-state index contributed by atoms with van der Waals surface area (Å²) < 4.78 is 0. The Morgan fingerprint density at radius 3 is 2.91 bits per heavy atom. The van der Waals surface area contributed by atoms with Gasteiger partial charge in [-0.25, -0.2) is 4.99 Å². The molecular formula is C6H5Cl2N3. The van der Waals surface area contributed by atoms with Crippen molar-refractivity contribution < 1.29 is 0 Å². The molecule has 0 aliphatic carbocycles. The van der Waals surface area contributed by atoms with Crippen LogP contribution >= 0.6 is 23.2 Å². The van der Waals surface area contributed by atoms with E-state index in [4.69, 9.17) is 34.2 Å². The Morgan fingerprint density at radius 1 is 1.82 bits per heavy atom. The Hall–Kier alpha value is -0.720. The minimum Gasteiger partial charge on any atom is -0.399 e. The van der Waals surface area contributed by atoms with Crippen molar-refractivity contribution in [3.8, 4) is 6.07 Å². The molecule has 0 saturated heterocycles. The predicted molar refractivity (Wildman–Crippen MR) is 44.4 cm³/mol. The lowest BCUT2D eigenvalue weighted by atomic mass is 10.0. The third-order valence-electron chi connectivity index (χ3n) is 1.28. The molecule has 0 spiro atoms. The normalized spacial score (nSPS) is 30.3. The second-order valence-corrected chi connectivity index (χ2v) is 3.26. The summed E-state index contributed by atoms with van der Waals surface area (Å²) in [6.07, 6.45) is 1.53. The first-order valence-corrected chi connectivity index (χ1v) is 3.62. The van der Waals surface area contributed by atoms with Gasteiger partial charge in [0.15, 0.2) is 4.87 Å². The fourth-order valence-electron chi connectivity index (χ4n) is 0.706. The van der Waals surface area contributed by atoms with Crippen LogP contribution in [0.2, 0.25) is 0 Å². The molecule has 58 valence electrons. The molecule has 0 fully saturated rings. The summed E-state index contributed by atoms with van der Waals surface area (Å²) in [4.78, 5) is 2.57. The van der Waals surface area contributed by atoms with E-state index in [2.05, 4.69) is 4.99 Å². The number of aliphatic imine (C=N–C) groups is 1. The molecule has 1 heterocycles. The summed E-state index contributed by atoms with van der Waals surface area (Å²) in [6.45, 7) is 0. The maximum Gasteiger partial charge on any atom is 0.171 e. The zero-order chi connectivity index (χ0) is 8.48. The first-order valence-electron chi connectivity index (χ1n) is 2.87. The third kappa shape index (κ3) is 1.65. The molecule has 0 aromatic heterocycles. The van der Waals surface area contributed by atoms with Crippen LogP contribution < -0.4 is 5.73 Å². The number of rotatable bonds is 0. The molecule has 0 saturated carbocycles. The molecule has 11 heavy (non-hydrogen) atoms. The van der Waals surface area contributed by atoms with Gasteiger partial charge >= 0.3 is 0 Å². The largest absolute Gasteiger partial charge is 0.399 e. The summed E-state index contributed by atoms with van der Waals surface area (Å²) >= 11 is 11.3. The Kier molecular flexibility index (Phi) is 2.08. The van der Waals surface area contributed by atoms with Gasteiger partial charge in [0.05, 0.1) is 6.07 Å². The molecule has 0 radical (unpaired) electrons. The lowest BCUT2D eigenvalue weighted by Crippen LogP contribution is -2.27. The van der Waals surface area contributed by atoms with Gasteiger partial charge in [0, 0.05) is 18.3 Å². The number of halogens is 2. The fourth-order valence-corrected chi connectivity index (χ4v) is 1.01. The van der Waals surface area contributed by atoms with Crippen molar-refractivity contribution >= 4 is 29.4 Å². The Balaban J connectivity index is 2.93. The summed E-state index contributed by atoms with van der Waals surface area (Å²) in [6, 6.07) is 1.87. The molecular weight excluding hydrogens is 185 g/mol. The molecule has 3 nitrogen and oxygen atoms in total. The van der Waals surface area contributed by atoms with Crippen molar-refractivity contribution in [3.05, 3.63) is 10.9 Å². The Bertz CT molecular complexity index is 276. The van der Waals surface area contributed by atoms with Gasteiger partial charge in [-0.1, -0.05) is 23.2 Å². The second kappa shape index (κ2) is 2.72. The van der Waals surface area contributed by atoms with Crippen LogP contribution in [0.25, 0.3) is 0 Å². The number of alkyl halides is 1. The average molecular weight is 190 g/mol. The number of hydrogen-bond donors (Lipinski definition) is 1. The monoisotopic (exact) mass is 189 g/mol. The van der Waals surface area contributed by atoms with E-state index in [0.29, 0.717) is 5.70 Å². The van der Waals surface area contributed by atoms with Gasteiger partial charge in [0.2, 0.25) is 0 Å². The SMILES string of the molecule is N#CC1(Cl)C=NC(Cl)=C(N)C1. The highest BCUT2D eigenvalue weighted by molar-refractivity contribution is 6.36. The zero-order valence-electron chi connectivity index (χ0n) is 5.51. The molecule has 1 atom stereocenters. The molecule has 1 aliphatic heterocycles. The quantitative estimate of drug-likeness (QED) is 0.462. The maximum atomic E-state index is 8.56. The van der Waals surface area contributed by atoms with Crippen LogP contribution in [0.5, 0.6) is 0 Å². The van der Waals surface area contributed by atoms with Gasteiger partial charge in [0.1, 0.15) is 5.16 Å². The molecule has 0 aromatic rings. The van der Waals surface area contributed by atoms with Gasteiger partial charge in [-0.15, -0.1) is 0 Å². The third-order valence-corrected chi connectivity index (χ3v) is 1.94. The van der Waals surface area contributed by atoms with Crippen molar-refractivity contribution in [2.24, 2.45) is 10.7 Å². The smallest absolute Gasteiger partial charge is 0.171 e. The van der Waals surface area contributed by atoms with Gasteiger partial charge in [0.25, 0.3) is 0 Å². The predicted octanol–water partition coefficient (Wildman–Crippen LogP) is 1.33. The highest BCUT2D eigenvalue weighted by Crippen LogP contribution is 2.27. The van der Waals surface area contributed by atoms with Crippen LogP contribution in [0.15, 0.2) is 15.8 Å². The molecule has 5 heteroatoms. The van der Waals surface area contributed by atoms with Gasteiger partial charge < -0.3 is 5.73 Å². The Morgan fingerprint density at radius 2 is 2.45 bits per heavy atom. The van der Waals surface area contributed by atoms with Crippen LogP contribution in [-0.4, -0.2) is 11.1 Å². The summed E-state index contributed by atoms with van der Waals surface area (Å²) in [5, 5.41) is 8.78. The average Bonchev–Trinajstić information content (AvgIpc) is 1.98. The van der Waals surface area contributed by atoms with Crippen molar-refractivity contribution in [1.82, 2.24) is 0 Å². The molecule has 0 amide bonds. The van der Waals surface area contributed by atoms with E-state index in [1.807, 2.05) is 6.07 Å². The Labute approximate surface area is 74.1 Å². The van der Waals surface area contributed by atoms with E-state index in [0.717, 1.165) is 0 Å². The lowest BCUT2D eigenvalue weighted by Gasteiger charge is -2.17. The van der Waals surface area contributed by atoms with E-state index in [9.17, 15) is 0 Å². The number of nitrogens with zero attached hydrogens (tertiary/aromatic N) is 2. The second-order valence-electron chi connectivity index (χ2n) is 2.23. The van der Waals surface area contributed by atoms with Gasteiger partial charge in [-0.2, -0.15) is 5.26 Å². The van der Waals surface area contributed by atoms with Gasteiger partial charge in [-0.3, -0.25) is 0 Å². The van der Waals surface area contributed by atoms with E-state index in [-0.39, 0.29) is 11.6 Å². The van der Waals surface area contributed by atoms with E-state index < -0.39 is 4.87 Å². The minimum atomic E-state index is -1.11. The van der Waals surface area contributed by atoms with E-state index >= 15 is 0 Å². The van der Waals surface area contributed by atoms with Crippen LogP contribution in [0.3, 0.4) is 0 Å². The maximum absolute atomic E-state index is 8.56. The standard InChI is InChI=1S/C6H5Cl2N3/c7-5-4(10)1-6(8,2-9)3-11-5/h3H,1,10H2. The van der Waals surface area contributed by atoms with E-state index in [1.54, 1.807) is 0 Å². The van der Waals surface area contributed by atoms with E-state index in [1.165, 1.54) is 6.21 Å². The highest BCUT2D eigenvalue weighted by Gasteiger charge is 2.29. The number of hydrogen-bond acceptors (Lipinski definition) is 3. The van der Waals surface area contributed by atoms with Crippen LogP contribution in [0.4, 0.5) is 0 Å². The zero-order valence-corrected chi connectivity index (χ0v) is 7.02. The van der Waals surface area contributed by atoms with Crippen molar-refractivity contribution in [1.29, 1.82) is 5.26 Å². The summed E-state index contributed by atoms with van der Waals surface area (Å²) in [5.74, 6) is 0. The van der Waals surface area contributed by atoms with Crippen molar-refractivity contribution in [2.75, 3.05) is 0 Å². The van der Waals surface area contributed by atoms with Crippen LogP contribution in [-0.2, 0) is 0 Å². The van der Waals surface area contributed by atoms with Crippen molar-refractivity contribution in [3.63, 3.8) is 0 Å². The molecule has 1 aliphatic rings. The number of allylic oxidation sites excluding steroid dienone is 1. The molecule has 0 bridgehead atoms. The molecule has 1 rings (SSSR count). The summed E-state index contributed by atoms with van der Waals surface area (Å²) in [7, 11) is 0. The number of nitrogens with two attached hydrogens (primary N) is 1. The van der Waals surface area contributed by atoms with Crippen molar-refractivity contribution in [2.45, 2.75) is 11.3 Å².